The smallest absolute Gasteiger partial charge is 0.323 e. The fraction of sp³-hybridized carbons (Fsp3) is 0.938. The van der Waals surface area contributed by atoms with Crippen LogP contribution in [0.1, 0.15) is 59.8 Å². The van der Waals surface area contributed by atoms with Crippen LogP contribution in [0.4, 0.5) is 0 Å². The minimum Gasteiger partial charge on any atom is -0.468 e. The zero-order chi connectivity index (χ0) is 14.4. The standard InChI is InChI=1S/C16H31NO2/c1-11(2)9-13-7-6-8-14(10-13)17-15(12(3)4)16(18)19-5/h11-15,17H,6-10H2,1-5H3. The first-order valence-corrected chi connectivity index (χ1v) is 7.77. The molecular formula is C16H31NO2. The quantitative estimate of drug-likeness (QED) is 0.751. The third-order valence-corrected chi connectivity index (χ3v) is 4.12. The summed E-state index contributed by atoms with van der Waals surface area (Å²) in [6, 6.07) is 0.316. The first-order chi connectivity index (χ1) is 8.93. The van der Waals surface area contributed by atoms with Crippen LogP contribution < -0.4 is 5.32 Å². The predicted molar refractivity (Wildman–Crippen MR) is 79.0 cm³/mol. The summed E-state index contributed by atoms with van der Waals surface area (Å²) in [5.74, 6) is 1.74. The molecule has 19 heavy (non-hydrogen) atoms. The molecule has 0 spiro atoms. The van der Waals surface area contributed by atoms with Gasteiger partial charge in [0.25, 0.3) is 0 Å². The van der Waals surface area contributed by atoms with Gasteiger partial charge in [0.2, 0.25) is 0 Å². The van der Waals surface area contributed by atoms with Crippen molar-refractivity contribution in [1.82, 2.24) is 5.32 Å². The van der Waals surface area contributed by atoms with Crippen molar-refractivity contribution >= 4 is 5.97 Å². The van der Waals surface area contributed by atoms with E-state index < -0.39 is 0 Å². The topological polar surface area (TPSA) is 38.3 Å². The normalized spacial score (nSPS) is 25.6. The van der Waals surface area contributed by atoms with Crippen LogP contribution in [0.5, 0.6) is 0 Å². The van der Waals surface area contributed by atoms with E-state index in [4.69, 9.17) is 4.74 Å². The summed E-state index contributed by atoms with van der Waals surface area (Å²) >= 11 is 0. The van der Waals surface area contributed by atoms with Gasteiger partial charge in [-0.25, -0.2) is 0 Å². The molecule has 1 saturated carbocycles. The van der Waals surface area contributed by atoms with Gasteiger partial charge < -0.3 is 10.1 Å². The molecule has 1 N–H and O–H groups in total. The minimum absolute atomic E-state index is 0.124. The molecule has 0 bridgehead atoms. The predicted octanol–water partition coefficient (Wildman–Crippen LogP) is 3.38. The molecule has 0 aromatic carbocycles. The van der Waals surface area contributed by atoms with Crippen LogP contribution in [0, 0.1) is 17.8 Å². The fourth-order valence-corrected chi connectivity index (χ4v) is 3.24. The summed E-state index contributed by atoms with van der Waals surface area (Å²) in [4.78, 5) is 11.8. The Morgan fingerprint density at radius 2 is 1.95 bits per heavy atom. The molecular weight excluding hydrogens is 238 g/mol. The van der Waals surface area contributed by atoms with Crippen LogP contribution >= 0.6 is 0 Å². The number of hydrogen-bond acceptors (Lipinski definition) is 3. The third-order valence-electron chi connectivity index (χ3n) is 4.12. The Morgan fingerprint density at radius 1 is 1.26 bits per heavy atom. The zero-order valence-electron chi connectivity index (χ0n) is 13.2. The summed E-state index contributed by atoms with van der Waals surface area (Å²) in [5, 5.41) is 3.53. The molecule has 0 radical (unpaired) electrons. The van der Waals surface area contributed by atoms with Crippen molar-refractivity contribution in [2.24, 2.45) is 17.8 Å². The number of carbonyl (C=O) groups is 1. The molecule has 3 heteroatoms. The number of hydrogen-bond donors (Lipinski definition) is 1. The van der Waals surface area contributed by atoms with Gasteiger partial charge in [0, 0.05) is 6.04 Å². The highest BCUT2D eigenvalue weighted by molar-refractivity contribution is 5.75. The van der Waals surface area contributed by atoms with Crippen molar-refractivity contribution in [2.75, 3.05) is 7.11 Å². The number of rotatable bonds is 6. The van der Waals surface area contributed by atoms with Gasteiger partial charge in [0.1, 0.15) is 6.04 Å². The molecule has 3 atom stereocenters. The van der Waals surface area contributed by atoms with Crippen molar-refractivity contribution < 1.29 is 9.53 Å². The van der Waals surface area contributed by atoms with Crippen LogP contribution in [-0.2, 0) is 9.53 Å². The fourth-order valence-electron chi connectivity index (χ4n) is 3.24. The van der Waals surface area contributed by atoms with Gasteiger partial charge >= 0.3 is 5.97 Å². The van der Waals surface area contributed by atoms with Crippen molar-refractivity contribution in [3.05, 3.63) is 0 Å². The highest BCUT2D eigenvalue weighted by atomic mass is 16.5. The Kier molecular flexibility index (Phi) is 6.84. The lowest BCUT2D eigenvalue weighted by Crippen LogP contribution is -2.48. The number of carbonyl (C=O) groups excluding carboxylic acids is 1. The number of esters is 1. The molecule has 112 valence electrons. The van der Waals surface area contributed by atoms with E-state index in [9.17, 15) is 4.79 Å². The molecule has 3 unspecified atom stereocenters. The number of ether oxygens (including phenoxy) is 1. The summed E-state index contributed by atoms with van der Waals surface area (Å²) in [6.45, 7) is 8.73. The van der Waals surface area contributed by atoms with Gasteiger partial charge in [-0.05, 0) is 37.0 Å². The van der Waals surface area contributed by atoms with Gasteiger partial charge in [-0.1, -0.05) is 40.5 Å². The van der Waals surface area contributed by atoms with Crippen LogP contribution in [-0.4, -0.2) is 25.2 Å². The maximum absolute atomic E-state index is 11.8. The molecule has 0 aliphatic heterocycles. The Morgan fingerprint density at radius 3 is 2.47 bits per heavy atom. The number of nitrogens with one attached hydrogen (secondary N) is 1. The monoisotopic (exact) mass is 269 g/mol. The zero-order valence-corrected chi connectivity index (χ0v) is 13.2. The molecule has 0 aromatic heterocycles. The van der Waals surface area contributed by atoms with Gasteiger partial charge in [-0.3, -0.25) is 4.79 Å². The second-order valence-electron chi connectivity index (χ2n) is 6.77. The molecule has 0 aromatic rings. The van der Waals surface area contributed by atoms with Gasteiger partial charge in [-0.2, -0.15) is 0 Å². The average molecular weight is 269 g/mol. The van der Waals surface area contributed by atoms with Gasteiger partial charge in [0.15, 0.2) is 0 Å². The van der Waals surface area contributed by atoms with E-state index in [1.54, 1.807) is 0 Å². The third kappa shape index (κ3) is 5.52. The van der Waals surface area contributed by atoms with Gasteiger partial charge in [0.05, 0.1) is 7.11 Å². The summed E-state index contributed by atoms with van der Waals surface area (Å²) in [5.41, 5.74) is 0. The second-order valence-corrected chi connectivity index (χ2v) is 6.77. The lowest BCUT2D eigenvalue weighted by Gasteiger charge is -2.34. The van der Waals surface area contributed by atoms with Gasteiger partial charge in [-0.15, -0.1) is 0 Å². The highest BCUT2D eigenvalue weighted by Crippen LogP contribution is 2.29. The lowest BCUT2D eigenvalue weighted by molar-refractivity contribution is -0.144. The molecule has 1 aliphatic carbocycles. The van der Waals surface area contributed by atoms with E-state index in [0.717, 1.165) is 11.8 Å². The summed E-state index contributed by atoms with van der Waals surface area (Å²) in [7, 11) is 1.47. The van der Waals surface area contributed by atoms with Crippen LogP contribution in [0.2, 0.25) is 0 Å². The van der Waals surface area contributed by atoms with E-state index in [-0.39, 0.29) is 17.9 Å². The van der Waals surface area contributed by atoms with Crippen molar-refractivity contribution in [1.29, 1.82) is 0 Å². The maximum Gasteiger partial charge on any atom is 0.323 e. The van der Waals surface area contributed by atoms with Crippen molar-refractivity contribution in [3.8, 4) is 0 Å². The van der Waals surface area contributed by atoms with E-state index in [1.165, 1.54) is 39.2 Å². The van der Waals surface area contributed by atoms with Crippen LogP contribution in [0.15, 0.2) is 0 Å². The largest absolute Gasteiger partial charge is 0.468 e. The second kappa shape index (κ2) is 7.88. The van der Waals surface area contributed by atoms with Crippen LogP contribution in [0.25, 0.3) is 0 Å². The molecule has 3 nitrogen and oxygen atoms in total. The van der Waals surface area contributed by atoms with E-state index in [0.29, 0.717) is 6.04 Å². The van der Waals surface area contributed by atoms with E-state index in [2.05, 4.69) is 33.0 Å². The maximum atomic E-state index is 11.8. The van der Waals surface area contributed by atoms with E-state index in [1.807, 2.05) is 0 Å². The van der Waals surface area contributed by atoms with E-state index >= 15 is 0 Å². The first kappa shape index (κ1) is 16.5. The lowest BCUT2D eigenvalue weighted by atomic mass is 9.80. The Bertz CT molecular complexity index is 276. The summed E-state index contributed by atoms with van der Waals surface area (Å²) in [6.07, 6.45) is 6.33. The Balaban J connectivity index is 2.52. The number of methoxy groups -OCH3 is 1. The molecule has 0 heterocycles. The molecule has 0 amide bonds. The van der Waals surface area contributed by atoms with Crippen molar-refractivity contribution in [2.45, 2.75) is 71.9 Å². The Hall–Kier alpha value is -0.570. The highest BCUT2D eigenvalue weighted by Gasteiger charge is 2.29. The molecule has 0 saturated heterocycles. The average Bonchev–Trinajstić information content (AvgIpc) is 2.34. The van der Waals surface area contributed by atoms with Crippen LogP contribution in [0.3, 0.4) is 0 Å². The SMILES string of the molecule is COC(=O)C(NC1CCCC(CC(C)C)C1)C(C)C. The molecule has 1 rings (SSSR count). The molecule has 1 fully saturated rings. The van der Waals surface area contributed by atoms with Crippen molar-refractivity contribution in [3.63, 3.8) is 0 Å². The molecule has 1 aliphatic rings. The minimum atomic E-state index is -0.159. The first-order valence-electron chi connectivity index (χ1n) is 7.77. The Labute approximate surface area is 118 Å². The summed E-state index contributed by atoms with van der Waals surface area (Å²) < 4.78 is 4.91.